The normalized spacial score (nSPS) is 10.3. The molecule has 4 heteroatoms. The summed E-state index contributed by atoms with van der Waals surface area (Å²) in [4.78, 5) is 33.1. The molecule has 0 aliphatic heterocycles. The molecule has 1 aromatic carbocycles. The summed E-state index contributed by atoms with van der Waals surface area (Å²) in [5, 5.41) is 8.73. The van der Waals surface area contributed by atoms with Crippen LogP contribution in [0.25, 0.3) is 0 Å². The molecular weight excluding hydrogens is 220 g/mol. The van der Waals surface area contributed by atoms with Crippen LogP contribution in [0.1, 0.15) is 29.8 Å². The SMILES string of the molecule is CC(=O)C(Cc1ccc(C(=O)O)cc1)C(C)=O. The fraction of sp³-hybridized carbons (Fsp3) is 0.308. The molecule has 0 radical (unpaired) electrons. The van der Waals surface area contributed by atoms with Crippen LogP contribution in [0.2, 0.25) is 0 Å². The van der Waals surface area contributed by atoms with Crippen molar-refractivity contribution in [3.63, 3.8) is 0 Å². The van der Waals surface area contributed by atoms with Crippen LogP contribution < -0.4 is 0 Å². The van der Waals surface area contributed by atoms with Crippen molar-refractivity contribution in [1.82, 2.24) is 0 Å². The van der Waals surface area contributed by atoms with E-state index in [1.165, 1.54) is 26.0 Å². The molecule has 17 heavy (non-hydrogen) atoms. The Morgan fingerprint density at radius 2 is 1.53 bits per heavy atom. The summed E-state index contributed by atoms with van der Waals surface area (Å²) in [5.74, 6) is -1.96. The molecular formula is C13H14O4. The Morgan fingerprint density at radius 3 is 1.88 bits per heavy atom. The van der Waals surface area contributed by atoms with E-state index in [0.29, 0.717) is 6.42 Å². The van der Waals surface area contributed by atoms with Gasteiger partial charge in [-0.15, -0.1) is 0 Å². The van der Waals surface area contributed by atoms with Gasteiger partial charge in [0.15, 0.2) is 0 Å². The molecule has 0 bridgehead atoms. The maximum atomic E-state index is 11.2. The Labute approximate surface area is 99.3 Å². The molecule has 4 nitrogen and oxygen atoms in total. The summed E-state index contributed by atoms with van der Waals surface area (Å²) in [5.41, 5.74) is 0.973. The Kier molecular flexibility index (Phi) is 4.15. The minimum atomic E-state index is -0.994. The van der Waals surface area contributed by atoms with Gasteiger partial charge in [-0.25, -0.2) is 4.79 Å². The monoisotopic (exact) mass is 234 g/mol. The minimum absolute atomic E-state index is 0.167. The highest BCUT2D eigenvalue weighted by atomic mass is 16.4. The van der Waals surface area contributed by atoms with E-state index in [9.17, 15) is 14.4 Å². The van der Waals surface area contributed by atoms with Crippen LogP contribution in [0.5, 0.6) is 0 Å². The lowest BCUT2D eigenvalue weighted by molar-refractivity contribution is -0.130. The summed E-state index contributed by atoms with van der Waals surface area (Å²) >= 11 is 0. The van der Waals surface area contributed by atoms with Gasteiger partial charge >= 0.3 is 5.97 Å². The number of hydrogen-bond acceptors (Lipinski definition) is 3. The predicted molar refractivity (Wildman–Crippen MR) is 62.0 cm³/mol. The van der Waals surface area contributed by atoms with Gasteiger partial charge in [0.05, 0.1) is 11.5 Å². The first-order valence-corrected chi connectivity index (χ1v) is 5.25. The van der Waals surface area contributed by atoms with Gasteiger partial charge in [-0.3, -0.25) is 9.59 Å². The van der Waals surface area contributed by atoms with E-state index in [1.54, 1.807) is 12.1 Å². The third kappa shape index (κ3) is 3.52. The molecule has 0 amide bonds. The fourth-order valence-corrected chi connectivity index (χ4v) is 1.59. The molecule has 0 aliphatic rings. The molecule has 1 rings (SSSR count). The first kappa shape index (κ1) is 13.1. The highest BCUT2D eigenvalue weighted by Crippen LogP contribution is 2.12. The van der Waals surface area contributed by atoms with E-state index in [-0.39, 0.29) is 17.1 Å². The zero-order chi connectivity index (χ0) is 13.0. The molecule has 0 saturated heterocycles. The van der Waals surface area contributed by atoms with E-state index in [0.717, 1.165) is 5.56 Å². The van der Waals surface area contributed by atoms with Gasteiger partial charge in [-0.2, -0.15) is 0 Å². The average molecular weight is 234 g/mol. The van der Waals surface area contributed by atoms with Crippen molar-refractivity contribution < 1.29 is 19.5 Å². The van der Waals surface area contributed by atoms with Crippen molar-refractivity contribution >= 4 is 17.5 Å². The molecule has 0 spiro atoms. The summed E-state index contributed by atoms with van der Waals surface area (Å²) in [6.45, 7) is 2.77. The third-order valence-corrected chi connectivity index (χ3v) is 2.62. The lowest BCUT2D eigenvalue weighted by Crippen LogP contribution is -2.21. The van der Waals surface area contributed by atoms with Gasteiger partial charge < -0.3 is 5.11 Å². The summed E-state index contributed by atoms with van der Waals surface area (Å²) in [6, 6.07) is 6.19. The smallest absolute Gasteiger partial charge is 0.335 e. The molecule has 0 heterocycles. The number of carbonyl (C=O) groups excluding carboxylic acids is 2. The van der Waals surface area contributed by atoms with Crippen LogP contribution in [0.4, 0.5) is 0 Å². The van der Waals surface area contributed by atoms with E-state index in [1.807, 2.05) is 0 Å². The van der Waals surface area contributed by atoms with Crippen LogP contribution in [0.3, 0.4) is 0 Å². The van der Waals surface area contributed by atoms with E-state index in [2.05, 4.69) is 0 Å². The van der Waals surface area contributed by atoms with Gasteiger partial charge in [0.25, 0.3) is 0 Å². The maximum Gasteiger partial charge on any atom is 0.335 e. The number of ketones is 2. The third-order valence-electron chi connectivity index (χ3n) is 2.62. The van der Waals surface area contributed by atoms with Crippen molar-refractivity contribution in [2.24, 2.45) is 5.92 Å². The van der Waals surface area contributed by atoms with Gasteiger partial charge in [0, 0.05) is 0 Å². The summed E-state index contributed by atoms with van der Waals surface area (Å²) in [6.07, 6.45) is 0.324. The summed E-state index contributed by atoms with van der Waals surface area (Å²) in [7, 11) is 0. The van der Waals surface area contributed by atoms with Crippen molar-refractivity contribution in [3.8, 4) is 0 Å². The van der Waals surface area contributed by atoms with Gasteiger partial charge in [-0.1, -0.05) is 12.1 Å². The Balaban J connectivity index is 2.84. The van der Waals surface area contributed by atoms with Crippen LogP contribution in [0.15, 0.2) is 24.3 Å². The maximum absolute atomic E-state index is 11.2. The van der Waals surface area contributed by atoms with Crippen LogP contribution in [-0.4, -0.2) is 22.6 Å². The second kappa shape index (κ2) is 5.39. The minimum Gasteiger partial charge on any atom is -0.478 e. The molecule has 0 unspecified atom stereocenters. The molecule has 1 aromatic rings. The number of hydrogen-bond donors (Lipinski definition) is 1. The molecule has 0 saturated carbocycles. The van der Waals surface area contributed by atoms with Gasteiger partial charge in [0.2, 0.25) is 0 Å². The Bertz CT molecular complexity index is 431. The number of carboxylic acids is 1. The van der Waals surface area contributed by atoms with E-state index < -0.39 is 11.9 Å². The molecule has 0 aromatic heterocycles. The quantitative estimate of drug-likeness (QED) is 0.787. The second-order valence-corrected chi connectivity index (χ2v) is 3.98. The zero-order valence-electron chi connectivity index (χ0n) is 9.77. The number of aromatic carboxylic acids is 1. The largest absolute Gasteiger partial charge is 0.478 e. The first-order chi connectivity index (χ1) is 7.91. The number of carbonyl (C=O) groups is 3. The lowest BCUT2D eigenvalue weighted by Gasteiger charge is -2.10. The van der Waals surface area contributed by atoms with Crippen molar-refractivity contribution in [3.05, 3.63) is 35.4 Å². The lowest BCUT2D eigenvalue weighted by atomic mass is 9.92. The van der Waals surface area contributed by atoms with Crippen LogP contribution >= 0.6 is 0 Å². The second-order valence-electron chi connectivity index (χ2n) is 3.98. The van der Waals surface area contributed by atoms with Crippen LogP contribution in [0, 0.1) is 5.92 Å². The number of Topliss-reactive ketones (excluding diaryl/α,β-unsaturated/α-hetero) is 2. The standard InChI is InChI=1S/C13H14O4/c1-8(14)12(9(2)15)7-10-3-5-11(6-4-10)13(16)17/h3-6,12H,7H2,1-2H3,(H,16,17). The molecule has 0 atom stereocenters. The zero-order valence-corrected chi connectivity index (χ0v) is 9.77. The Morgan fingerprint density at radius 1 is 1.06 bits per heavy atom. The average Bonchev–Trinajstić information content (AvgIpc) is 2.25. The first-order valence-electron chi connectivity index (χ1n) is 5.25. The molecule has 0 fully saturated rings. The van der Waals surface area contributed by atoms with Crippen molar-refractivity contribution in [1.29, 1.82) is 0 Å². The van der Waals surface area contributed by atoms with Gasteiger partial charge in [-0.05, 0) is 38.0 Å². The number of carboxylic acid groups (broad SMARTS) is 1. The van der Waals surface area contributed by atoms with E-state index >= 15 is 0 Å². The highest BCUT2D eigenvalue weighted by Gasteiger charge is 2.19. The topological polar surface area (TPSA) is 71.4 Å². The fourth-order valence-electron chi connectivity index (χ4n) is 1.59. The predicted octanol–water partition coefficient (Wildman–Crippen LogP) is 1.72. The molecule has 90 valence electrons. The van der Waals surface area contributed by atoms with Crippen LogP contribution in [-0.2, 0) is 16.0 Å². The van der Waals surface area contributed by atoms with Crippen molar-refractivity contribution in [2.45, 2.75) is 20.3 Å². The van der Waals surface area contributed by atoms with E-state index in [4.69, 9.17) is 5.11 Å². The molecule has 0 aliphatic carbocycles. The summed E-state index contributed by atoms with van der Waals surface area (Å²) < 4.78 is 0. The van der Waals surface area contributed by atoms with Gasteiger partial charge in [0.1, 0.15) is 11.6 Å². The van der Waals surface area contributed by atoms with Crippen molar-refractivity contribution in [2.75, 3.05) is 0 Å². The molecule has 1 N–H and O–H groups in total. The highest BCUT2D eigenvalue weighted by molar-refractivity contribution is 6.00. The number of rotatable bonds is 5. The Hall–Kier alpha value is -1.97. The number of benzene rings is 1.